The molecule has 0 aromatic heterocycles. The lowest BCUT2D eigenvalue weighted by molar-refractivity contribution is -0.137. The van der Waals surface area contributed by atoms with E-state index in [1.165, 1.54) is 6.21 Å². The summed E-state index contributed by atoms with van der Waals surface area (Å²) in [4.78, 5) is 26.7. The predicted molar refractivity (Wildman–Crippen MR) is 59.4 cm³/mol. The molecule has 0 radical (unpaired) electrons. The minimum absolute atomic E-state index is 0.382. The van der Waals surface area contributed by atoms with Gasteiger partial charge in [0.2, 0.25) is 0 Å². The maximum absolute atomic E-state index is 11.9. The van der Waals surface area contributed by atoms with E-state index in [-0.39, 0.29) is 5.78 Å². The molecule has 0 saturated carbocycles. The van der Waals surface area contributed by atoms with Crippen molar-refractivity contribution in [3.63, 3.8) is 0 Å². The Hall–Kier alpha value is -1.97. The van der Waals surface area contributed by atoms with Gasteiger partial charge in [-0.15, -0.1) is 0 Å². The zero-order valence-electron chi connectivity index (χ0n) is 8.80. The number of fused-ring (bicyclic) bond motifs is 1. The molecule has 16 heavy (non-hydrogen) atoms. The van der Waals surface area contributed by atoms with E-state index in [4.69, 9.17) is 5.11 Å². The number of hydrogen-bond donors (Lipinski definition) is 1. The van der Waals surface area contributed by atoms with Gasteiger partial charge in [0.05, 0.1) is 5.69 Å². The van der Waals surface area contributed by atoms with Crippen LogP contribution in [0.2, 0.25) is 0 Å². The third-order valence-electron chi connectivity index (χ3n) is 2.65. The second kappa shape index (κ2) is 3.89. The topological polar surface area (TPSA) is 66.7 Å². The van der Waals surface area contributed by atoms with Crippen LogP contribution in [0.15, 0.2) is 23.2 Å². The lowest BCUT2D eigenvalue weighted by atomic mass is 9.93. The van der Waals surface area contributed by atoms with Crippen LogP contribution in [0.5, 0.6) is 0 Å². The maximum Gasteiger partial charge on any atom is 0.319 e. The number of carbonyl (C=O) groups excluding carboxylic acids is 1. The number of ketones is 1. The summed E-state index contributed by atoms with van der Waals surface area (Å²) >= 11 is 0. The normalized spacial score (nSPS) is 18.3. The van der Waals surface area contributed by atoms with Gasteiger partial charge in [0.1, 0.15) is 0 Å². The minimum Gasteiger partial charge on any atom is -0.480 e. The van der Waals surface area contributed by atoms with Crippen LogP contribution in [0.4, 0.5) is 5.69 Å². The number of aliphatic carboxylic acids is 1. The van der Waals surface area contributed by atoms with Gasteiger partial charge in [-0.1, -0.05) is 13.0 Å². The van der Waals surface area contributed by atoms with Gasteiger partial charge >= 0.3 is 5.97 Å². The van der Waals surface area contributed by atoms with E-state index in [2.05, 4.69) is 4.99 Å². The van der Waals surface area contributed by atoms with Crippen molar-refractivity contribution in [3.05, 3.63) is 29.3 Å². The van der Waals surface area contributed by atoms with Crippen molar-refractivity contribution in [2.75, 3.05) is 0 Å². The number of carboxylic acid groups (broad SMARTS) is 1. The Balaban J connectivity index is 2.49. The Bertz CT molecular complexity index is 491. The molecule has 1 N–H and O–H groups in total. The van der Waals surface area contributed by atoms with Gasteiger partial charge in [0, 0.05) is 11.8 Å². The van der Waals surface area contributed by atoms with E-state index in [1.54, 1.807) is 12.1 Å². The molecule has 1 heterocycles. The summed E-state index contributed by atoms with van der Waals surface area (Å²) in [5.41, 5.74) is 1.97. The zero-order chi connectivity index (χ0) is 11.7. The van der Waals surface area contributed by atoms with E-state index in [1.807, 2.05) is 13.0 Å². The highest BCUT2D eigenvalue weighted by Crippen LogP contribution is 2.27. The van der Waals surface area contributed by atoms with Crippen LogP contribution in [0, 0.1) is 5.92 Å². The van der Waals surface area contributed by atoms with Crippen molar-refractivity contribution in [1.29, 1.82) is 0 Å². The van der Waals surface area contributed by atoms with E-state index >= 15 is 0 Å². The van der Waals surface area contributed by atoms with Crippen molar-refractivity contribution >= 4 is 23.7 Å². The van der Waals surface area contributed by atoms with E-state index in [0.29, 0.717) is 11.3 Å². The molecule has 0 bridgehead atoms. The third kappa shape index (κ3) is 1.62. The predicted octanol–water partition coefficient (Wildman–Crippen LogP) is 1.85. The summed E-state index contributed by atoms with van der Waals surface area (Å²) in [7, 11) is 0. The molecule has 0 fully saturated rings. The van der Waals surface area contributed by atoms with Gasteiger partial charge in [-0.2, -0.15) is 0 Å². The van der Waals surface area contributed by atoms with Gasteiger partial charge < -0.3 is 5.11 Å². The fourth-order valence-electron chi connectivity index (χ4n) is 1.68. The zero-order valence-corrected chi connectivity index (χ0v) is 8.80. The Kier molecular flexibility index (Phi) is 2.56. The molecule has 1 aromatic rings. The van der Waals surface area contributed by atoms with Gasteiger partial charge in [0.25, 0.3) is 0 Å². The van der Waals surface area contributed by atoms with Crippen LogP contribution < -0.4 is 0 Å². The molecule has 0 aliphatic carbocycles. The van der Waals surface area contributed by atoms with Gasteiger partial charge in [0.15, 0.2) is 11.7 Å². The molecule has 2 rings (SSSR count). The molecule has 1 unspecified atom stereocenters. The summed E-state index contributed by atoms with van der Waals surface area (Å²) < 4.78 is 0. The average Bonchev–Trinajstić information content (AvgIpc) is 2.28. The second-order valence-electron chi connectivity index (χ2n) is 3.66. The molecule has 4 nitrogen and oxygen atoms in total. The standard InChI is InChI=1S/C12H11NO3/c1-2-7-3-4-10-8(5-7)11(14)9(6-13-10)12(15)16/h3-6,9H,2H2,1H3,(H,15,16). The highest BCUT2D eigenvalue weighted by atomic mass is 16.4. The van der Waals surface area contributed by atoms with Crippen LogP contribution in [0.25, 0.3) is 0 Å². The number of hydrogen-bond acceptors (Lipinski definition) is 3. The first-order chi connectivity index (χ1) is 7.63. The highest BCUT2D eigenvalue weighted by Gasteiger charge is 2.30. The quantitative estimate of drug-likeness (QED) is 0.768. The number of rotatable bonds is 2. The van der Waals surface area contributed by atoms with Gasteiger partial charge in [-0.05, 0) is 24.1 Å². The van der Waals surface area contributed by atoms with Crippen molar-refractivity contribution in [3.8, 4) is 0 Å². The summed E-state index contributed by atoms with van der Waals surface area (Å²) in [6, 6.07) is 5.37. The number of nitrogens with zero attached hydrogens (tertiary/aromatic N) is 1. The molecule has 1 aromatic carbocycles. The number of Topliss-reactive ketones (excluding diaryl/α,β-unsaturated/α-hetero) is 1. The third-order valence-corrected chi connectivity index (χ3v) is 2.65. The molecular formula is C12H11NO3. The van der Waals surface area contributed by atoms with Crippen molar-refractivity contribution < 1.29 is 14.7 Å². The Morgan fingerprint density at radius 1 is 1.50 bits per heavy atom. The smallest absolute Gasteiger partial charge is 0.319 e. The molecule has 1 aliphatic rings. The SMILES string of the molecule is CCc1ccc2c(c1)C(=O)C(C(=O)O)C=N2. The molecule has 1 atom stereocenters. The lowest BCUT2D eigenvalue weighted by Gasteiger charge is -2.14. The molecule has 0 saturated heterocycles. The van der Waals surface area contributed by atoms with Gasteiger partial charge in [-0.3, -0.25) is 14.6 Å². The van der Waals surface area contributed by atoms with Crippen molar-refractivity contribution in [1.82, 2.24) is 0 Å². The summed E-state index contributed by atoms with van der Waals surface area (Å²) in [6.07, 6.45) is 2.00. The first-order valence-corrected chi connectivity index (χ1v) is 5.07. The van der Waals surface area contributed by atoms with E-state index in [0.717, 1.165) is 12.0 Å². The molecule has 0 amide bonds. The highest BCUT2D eigenvalue weighted by molar-refractivity contribution is 6.22. The second-order valence-corrected chi connectivity index (χ2v) is 3.66. The lowest BCUT2D eigenvalue weighted by Crippen LogP contribution is -2.27. The van der Waals surface area contributed by atoms with E-state index < -0.39 is 11.9 Å². The fourth-order valence-corrected chi connectivity index (χ4v) is 1.68. The summed E-state index contributed by atoms with van der Waals surface area (Å²) in [6.45, 7) is 1.98. The van der Waals surface area contributed by atoms with Crippen LogP contribution in [-0.2, 0) is 11.2 Å². The molecule has 4 heteroatoms. The van der Waals surface area contributed by atoms with Crippen LogP contribution in [0.1, 0.15) is 22.8 Å². The molecule has 0 spiro atoms. The van der Waals surface area contributed by atoms with Crippen LogP contribution in [0.3, 0.4) is 0 Å². The molecule has 82 valence electrons. The largest absolute Gasteiger partial charge is 0.480 e. The first kappa shape index (κ1) is 10.5. The van der Waals surface area contributed by atoms with Crippen molar-refractivity contribution in [2.24, 2.45) is 10.9 Å². The first-order valence-electron chi connectivity index (χ1n) is 5.07. The van der Waals surface area contributed by atoms with Crippen LogP contribution >= 0.6 is 0 Å². The Morgan fingerprint density at radius 2 is 2.25 bits per heavy atom. The average molecular weight is 217 g/mol. The fraction of sp³-hybridized carbons (Fsp3) is 0.250. The number of benzene rings is 1. The molecule has 1 aliphatic heterocycles. The Morgan fingerprint density at radius 3 is 2.88 bits per heavy atom. The Labute approximate surface area is 92.6 Å². The van der Waals surface area contributed by atoms with Crippen molar-refractivity contribution in [2.45, 2.75) is 13.3 Å². The summed E-state index contributed by atoms with van der Waals surface area (Å²) in [5, 5.41) is 8.85. The maximum atomic E-state index is 11.9. The van der Waals surface area contributed by atoms with Gasteiger partial charge in [-0.25, -0.2) is 0 Å². The monoisotopic (exact) mass is 217 g/mol. The number of aryl methyl sites for hydroxylation is 1. The minimum atomic E-state index is -1.15. The number of carbonyl (C=O) groups is 2. The number of carboxylic acids is 1. The van der Waals surface area contributed by atoms with Crippen LogP contribution in [-0.4, -0.2) is 23.1 Å². The number of aliphatic imine (C=N–C) groups is 1. The molecular weight excluding hydrogens is 206 g/mol. The van der Waals surface area contributed by atoms with E-state index in [9.17, 15) is 9.59 Å². The summed E-state index contributed by atoms with van der Waals surface area (Å²) in [5.74, 6) is -2.67.